The second kappa shape index (κ2) is 11.9. The van der Waals surface area contributed by atoms with Crippen molar-refractivity contribution in [3.63, 3.8) is 0 Å². The van der Waals surface area contributed by atoms with Crippen LogP contribution in [0.15, 0.2) is 29.3 Å². The molecule has 0 heterocycles. The average Bonchev–Trinajstić information content (AvgIpc) is 2.55. The molecule has 0 saturated carbocycles. The Hall–Kier alpha value is -1.51. The van der Waals surface area contributed by atoms with Crippen molar-refractivity contribution in [1.82, 2.24) is 16.0 Å². The predicted molar refractivity (Wildman–Crippen MR) is 114 cm³/mol. The number of hydrogen-bond donors (Lipinski definition) is 3. The number of methoxy groups -OCH3 is 1. The number of carbonyl (C=O) groups excluding carboxylic acids is 1. The minimum atomic E-state index is -0.370. The fourth-order valence-corrected chi connectivity index (χ4v) is 1.91. The molecule has 1 aromatic carbocycles. The van der Waals surface area contributed by atoms with E-state index in [2.05, 4.69) is 20.9 Å². The smallest absolute Gasteiger partial charge is 0.225 e. The molecule has 142 valence electrons. The third-order valence-corrected chi connectivity index (χ3v) is 3.28. The summed E-state index contributed by atoms with van der Waals surface area (Å²) in [5.41, 5.74) is 0.706. The maximum absolute atomic E-state index is 11.8. The zero-order valence-corrected chi connectivity index (χ0v) is 18.1. The van der Waals surface area contributed by atoms with E-state index in [0.717, 1.165) is 23.8 Å². The van der Waals surface area contributed by atoms with Gasteiger partial charge in [0, 0.05) is 25.0 Å². The first-order valence-corrected chi connectivity index (χ1v) is 8.30. The van der Waals surface area contributed by atoms with Gasteiger partial charge in [0.1, 0.15) is 5.75 Å². The lowest BCUT2D eigenvalue weighted by Crippen LogP contribution is -2.43. The number of halogens is 1. The number of nitrogens with zero attached hydrogens (tertiary/aromatic N) is 1. The van der Waals surface area contributed by atoms with E-state index < -0.39 is 0 Å². The molecule has 0 aromatic heterocycles. The van der Waals surface area contributed by atoms with Gasteiger partial charge in [-0.2, -0.15) is 0 Å². The Morgan fingerprint density at radius 1 is 1.16 bits per heavy atom. The van der Waals surface area contributed by atoms with Crippen LogP contribution in [0.1, 0.15) is 33.3 Å². The number of rotatable bonds is 7. The third-order valence-electron chi connectivity index (χ3n) is 3.28. The Morgan fingerprint density at radius 2 is 1.84 bits per heavy atom. The highest BCUT2D eigenvalue weighted by atomic mass is 127. The summed E-state index contributed by atoms with van der Waals surface area (Å²) in [5, 5.41) is 9.32. The normalized spacial score (nSPS) is 11.3. The largest absolute Gasteiger partial charge is 0.497 e. The van der Waals surface area contributed by atoms with E-state index in [1.165, 1.54) is 0 Å². The van der Waals surface area contributed by atoms with Gasteiger partial charge in [-0.3, -0.25) is 4.79 Å². The summed E-state index contributed by atoms with van der Waals surface area (Å²) < 4.78 is 5.22. The van der Waals surface area contributed by atoms with Crippen molar-refractivity contribution in [2.45, 2.75) is 34.2 Å². The zero-order valence-electron chi connectivity index (χ0n) is 15.8. The summed E-state index contributed by atoms with van der Waals surface area (Å²) >= 11 is 0. The number of ether oxygens (including phenoxy) is 1. The molecule has 1 aromatic rings. The molecule has 0 fully saturated rings. The van der Waals surface area contributed by atoms with Crippen molar-refractivity contribution >= 4 is 35.8 Å². The summed E-state index contributed by atoms with van der Waals surface area (Å²) in [6.07, 6.45) is 0. The van der Waals surface area contributed by atoms with Gasteiger partial charge >= 0.3 is 0 Å². The monoisotopic (exact) mass is 462 g/mol. The van der Waals surface area contributed by atoms with Gasteiger partial charge in [-0.15, -0.1) is 24.0 Å². The van der Waals surface area contributed by atoms with Crippen molar-refractivity contribution in [3.05, 3.63) is 29.8 Å². The third kappa shape index (κ3) is 9.52. The maximum atomic E-state index is 11.8. The Kier molecular flexibility index (Phi) is 11.2. The summed E-state index contributed by atoms with van der Waals surface area (Å²) in [4.78, 5) is 16.4. The second-order valence-electron chi connectivity index (χ2n) is 6.48. The Bertz CT molecular complexity index is 556. The van der Waals surface area contributed by atoms with Gasteiger partial charge in [-0.25, -0.2) is 4.99 Å². The molecule has 0 saturated heterocycles. The number of amides is 1. The van der Waals surface area contributed by atoms with Crippen LogP contribution in [-0.2, 0) is 11.3 Å². The van der Waals surface area contributed by atoms with E-state index in [4.69, 9.17) is 4.74 Å². The molecule has 25 heavy (non-hydrogen) atoms. The van der Waals surface area contributed by atoms with E-state index in [0.29, 0.717) is 19.6 Å². The number of nitrogens with one attached hydrogen (secondary N) is 3. The minimum absolute atomic E-state index is 0. The van der Waals surface area contributed by atoms with Crippen molar-refractivity contribution in [3.8, 4) is 5.75 Å². The topological polar surface area (TPSA) is 74.8 Å². The second-order valence-corrected chi connectivity index (χ2v) is 6.48. The van der Waals surface area contributed by atoms with Crippen LogP contribution in [-0.4, -0.2) is 38.6 Å². The number of hydrogen-bond acceptors (Lipinski definition) is 3. The first-order chi connectivity index (χ1) is 11.4. The fraction of sp³-hybridized carbons (Fsp3) is 0.556. The predicted octanol–water partition coefficient (Wildman–Crippen LogP) is 2.53. The molecule has 7 heteroatoms. The Balaban J connectivity index is 0.00000576. The van der Waals surface area contributed by atoms with Gasteiger partial charge in [0.15, 0.2) is 5.96 Å². The highest BCUT2D eigenvalue weighted by Gasteiger charge is 2.20. The zero-order chi connectivity index (χ0) is 18.0. The lowest BCUT2D eigenvalue weighted by Gasteiger charge is -2.18. The van der Waals surface area contributed by atoms with Gasteiger partial charge in [0.2, 0.25) is 5.91 Å². The first-order valence-electron chi connectivity index (χ1n) is 8.30. The maximum Gasteiger partial charge on any atom is 0.225 e. The molecule has 0 aliphatic carbocycles. The molecule has 1 amide bonds. The summed E-state index contributed by atoms with van der Waals surface area (Å²) in [6.45, 7) is 10.2. The average molecular weight is 462 g/mol. The van der Waals surface area contributed by atoms with Crippen LogP contribution in [0, 0.1) is 5.41 Å². The molecule has 1 rings (SSSR count). The van der Waals surface area contributed by atoms with Gasteiger partial charge in [-0.05, 0) is 24.6 Å². The van der Waals surface area contributed by atoms with Crippen LogP contribution in [0.2, 0.25) is 0 Å². The Morgan fingerprint density at radius 3 is 2.44 bits per heavy atom. The van der Waals surface area contributed by atoms with Crippen molar-refractivity contribution in [1.29, 1.82) is 0 Å². The molecule has 0 radical (unpaired) electrons. The van der Waals surface area contributed by atoms with Gasteiger partial charge in [-0.1, -0.05) is 32.9 Å². The van der Waals surface area contributed by atoms with Crippen molar-refractivity contribution in [2.75, 3.05) is 26.7 Å². The first kappa shape index (κ1) is 23.5. The van der Waals surface area contributed by atoms with E-state index in [-0.39, 0.29) is 35.3 Å². The standard InChI is InChI=1S/C18H30N4O2.HI/c1-6-19-17(21-11-10-20-16(23)18(2,3)4)22-13-14-8-7-9-15(12-14)24-5;/h7-9,12H,6,10-11,13H2,1-5H3,(H,20,23)(H2,19,21,22);1H. The molecule has 6 nitrogen and oxygen atoms in total. The van der Waals surface area contributed by atoms with Crippen molar-refractivity contribution in [2.24, 2.45) is 10.4 Å². The van der Waals surface area contributed by atoms with Gasteiger partial charge < -0.3 is 20.7 Å². The molecule has 0 unspecified atom stereocenters. The molecular weight excluding hydrogens is 431 g/mol. The summed E-state index contributed by atoms with van der Waals surface area (Å²) in [7, 11) is 1.65. The fourth-order valence-electron chi connectivity index (χ4n) is 1.91. The Labute approximate surface area is 168 Å². The van der Waals surface area contributed by atoms with Crippen LogP contribution >= 0.6 is 24.0 Å². The van der Waals surface area contributed by atoms with Gasteiger partial charge in [0.25, 0.3) is 0 Å². The molecule has 0 aliphatic heterocycles. The van der Waals surface area contributed by atoms with Crippen LogP contribution < -0.4 is 20.7 Å². The highest BCUT2D eigenvalue weighted by molar-refractivity contribution is 14.0. The number of benzene rings is 1. The van der Waals surface area contributed by atoms with Crippen LogP contribution in [0.4, 0.5) is 0 Å². The quantitative estimate of drug-likeness (QED) is 0.252. The number of carbonyl (C=O) groups is 1. The van der Waals surface area contributed by atoms with Crippen molar-refractivity contribution < 1.29 is 9.53 Å². The van der Waals surface area contributed by atoms with Crippen LogP contribution in [0.25, 0.3) is 0 Å². The SMILES string of the molecule is CCNC(=NCc1cccc(OC)c1)NCCNC(=O)C(C)(C)C.I. The number of guanidine groups is 1. The van der Waals surface area contributed by atoms with E-state index in [9.17, 15) is 4.79 Å². The minimum Gasteiger partial charge on any atom is -0.497 e. The molecule has 0 spiro atoms. The molecule has 0 atom stereocenters. The lowest BCUT2D eigenvalue weighted by molar-refractivity contribution is -0.128. The summed E-state index contributed by atoms with van der Waals surface area (Å²) in [6, 6.07) is 7.84. The van der Waals surface area contributed by atoms with E-state index in [1.807, 2.05) is 52.0 Å². The molecule has 0 aliphatic rings. The summed E-state index contributed by atoms with van der Waals surface area (Å²) in [5.74, 6) is 1.60. The number of aliphatic imine (C=N–C) groups is 1. The van der Waals surface area contributed by atoms with E-state index >= 15 is 0 Å². The van der Waals surface area contributed by atoms with E-state index in [1.54, 1.807) is 7.11 Å². The van der Waals surface area contributed by atoms with Gasteiger partial charge in [0.05, 0.1) is 13.7 Å². The lowest BCUT2D eigenvalue weighted by atomic mass is 9.96. The molecular formula is C18H31IN4O2. The molecule has 0 bridgehead atoms. The highest BCUT2D eigenvalue weighted by Crippen LogP contribution is 2.13. The van der Waals surface area contributed by atoms with Crippen LogP contribution in [0.3, 0.4) is 0 Å². The molecule has 3 N–H and O–H groups in total. The van der Waals surface area contributed by atoms with Crippen LogP contribution in [0.5, 0.6) is 5.75 Å².